The molecule has 140 valence electrons. The molecule has 0 aliphatic carbocycles. The molecular formula is C16H26N4O4S. The maximum atomic E-state index is 13.0. The first kappa shape index (κ1) is 18.3. The first-order valence-electron chi connectivity index (χ1n) is 8.50. The summed E-state index contributed by atoms with van der Waals surface area (Å²) < 4.78 is 31.2. The number of aromatic amines is 1. The number of rotatable bonds is 2. The molecule has 0 saturated carbocycles. The van der Waals surface area contributed by atoms with Crippen molar-refractivity contribution in [3.63, 3.8) is 0 Å². The van der Waals surface area contributed by atoms with Gasteiger partial charge in [-0.15, -0.1) is 0 Å². The van der Waals surface area contributed by atoms with Gasteiger partial charge in [-0.3, -0.25) is 9.89 Å². The normalized spacial score (nSPS) is 27.2. The summed E-state index contributed by atoms with van der Waals surface area (Å²) >= 11 is 0. The molecule has 3 rings (SSSR count). The molecule has 1 amide bonds. The lowest BCUT2D eigenvalue weighted by Gasteiger charge is -2.45. The van der Waals surface area contributed by atoms with Crippen LogP contribution in [0, 0.1) is 0 Å². The van der Waals surface area contributed by atoms with Gasteiger partial charge in [-0.05, 0) is 27.7 Å². The van der Waals surface area contributed by atoms with Crippen LogP contribution < -0.4 is 0 Å². The van der Waals surface area contributed by atoms with Crippen LogP contribution in [0.5, 0.6) is 0 Å². The molecule has 0 bridgehead atoms. The third kappa shape index (κ3) is 3.32. The van der Waals surface area contributed by atoms with Gasteiger partial charge in [-0.25, -0.2) is 8.42 Å². The minimum Gasteiger partial charge on any atom is -0.369 e. The van der Waals surface area contributed by atoms with Crippen LogP contribution in [0.1, 0.15) is 55.5 Å². The Morgan fingerprint density at radius 3 is 2.60 bits per heavy atom. The van der Waals surface area contributed by atoms with Crippen molar-refractivity contribution in [2.24, 2.45) is 0 Å². The minimum absolute atomic E-state index is 0.0326. The number of carbonyl (C=O) groups excluding carboxylic acids is 1. The van der Waals surface area contributed by atoms with E-state index in [1.807, 2.05) is 27.7 Å². The Kier molecular flexibility index (Phi) is 4.45. The lowest BCUT2D eigenvalue weighted by Crippen LogP contribution is -2.61. The first-order valence-corrected chi connectivity index (χ1v) is 10.3. The number of ether oxygens (including phenoxy) is 1. The molecule has 9 heteroatoms. The van der Waals surface area contributed by atoms with Crippen molar-refractivity contribution in [3.8, 4) is 0 Å². The fraction of sp³-hybridized carbons (Fsp3) is 0.750. The molecule has 2 atom stereocenters. The summed E-state index contributed by atoms with van der Waals surface area (Å²) in [6, 6.07) is 0. The number of sulfonamides is 1. The molecule has 2 aliphatic heterocycles. The van der Waals surface area contributed by atoms with Crippen molar-refractivity contribution in [1.82, 2.24) is 19.4 Å². The molecule has 8 nitrogen and oxygen atoms in total. The third-order valence-corrected chi connectivity index (χ3v) is 6.43. The minimum atomic E-state index is -3.31. The zero-order valence-corrected chi connectivity index (χ0v) is 16.2. The molecule has 0 radical (unpaired) electrons. The molecule has 1 saturated heterocycles. The van der Waals surface area contributed by atoms with E-state index < -0.39 is 15.6 Å². The van der Waals surface area contributed by atoms with Gasteiger partial charge < -0.3 is 9.64 Å². The van der Waals surface area contributed by atoms with Crippen molar-refractivity contribution in [2.45, 2.75) is 51.9 Å². The van der Waals surface area contributed by atoms with Crippen LogP contribution in [0.15, 0.2) is 0 Å². The standard InChI is InChI=1S/C16H26N4O4S/c1-10-8-12-13(11(2)24-10)17-18-14(12)15(21)19-6-7-20(25(5,22)23)16(3,4)9-19/h10-11H,6-9H2,1-5H3,(H,17,18)/t10-,11+/m1/s1. The molecule has 25 heavy (non-hydrogen) atoms. The summed E-state index contributed by atoms with van der Waals surface area (Å²) in [5.41, 5.74) is 1.55. The predicted octanol–water partition coefficient (Wildman–Crippen LogP) is 0.928. The van der Waals surface area contributed by atoms with E-state index in [-0.39, 0.29) is 18.1 Å². The summed E-state index contributed by atoms with van der Waals surface area (Å²) in [7, 11) is -3.31. The maximum absolute atomic E-state index is 13.0. The van der Waals surface area contributed by atoms with Crippen molar-refractivity contribution in [2.75, 3.05) is 25.9 Å². The summed E-state index contributed by atoms with van der Waals surface area (Å²) in [5.74, 6) is -0.153. The molecule has 3 heterocycles. The van der Waals surface area contributed by atoms with Gasteiger partial charge in [0.2, 0.25) is 10.0 Å². The highest BCUT2D eigenvalue weighted by Gasteiger charge is 2.41. The summed E-state index contributed by atoms with van der Waals surface area (Å²) in [6.45, 7) is 8.58. The van der Waals surface area contributed by atoms with E-state index in [4.69, 9.17) is 4.74 Å². The first-order chi connectivity index (χ1) is 11.5. The van der Waals surface area contributed by atoms with Crippen molar-refractivity contribution < 1.29 is 17.9 Å². The van der Waals surface area contributed by atoms with Gasteiger partial charge >= 0.3 is 0 Å². The predicted molar refractivity (Wildman–Crippen MR) is 92.8 cm³/mol. The van der Waals surface area contributed by atoms with E-state index in [0.717, 1.165) is 11.3 Å². The van der Waals surface area contributed by atoms with Gasteiger partial charge in [0, 0.05) is 37.2 Å². The second-order valence-corrected chi connectivity index (χ2v) is 9.54. The molecule has 0 unspecified atom stereocenters. The number of piperazine rings is 1. The van der Waals surface area contributed by atoms with E-state index in [0.29, 0.717) is 31.7 Å². The Balaban J connectivity index is 1.84. The van der Waals surface area contributed by atoms with E-state index >= 15 is 0 Å². The smallest absolute Gasteiger partial charge is 0.274 e. The molecule has 1 N–H and O–H groups in total. The van der Waals surface area contributed by atoms with Gasteiger partial charge in [0.1, 0.15) is 0 Å². The van der Waals surface area contributed by atoms with Crippen LogP contribution in [0.2, 0.25) is 0 Å². The quantitative estimate of drug-likeness (QED) is 0.835. The van der Waals surface area contributed by atoms with Crippen LogP contribution in [-0.2, 0) is 21.2 Å². The fourth-order valence-corrected chi connectivity index (χ4v) is 5.30. The Bertz CT molecular complexity index is 786. The number of amides is 1. The van der Waals surface area contributed by atoms with Crippen LogP contribution in [-0.4, -0.2) is 71.3 Å². The molecular weight excluding hydrogens is 344 g/mol. The van der Waals surface area contributed by atoms with E-state index in [2.05, 4.69) is 10.2 Å². The highest BCUT2D eigenvalue weighted by atomic mass is 32.2. The highest BCUT2D eigenvalue weighted by Crippen LogP contribution is 2.31. The monoisotopic (exact) mass is 370 g/mol. The van der Waals surface area contributed by atoms with Crippen molar-refractivity contribution in [3.05, 3.63) is 17.0 Å². The summed E-state index contributed by atoms with van der Waals surface area (Å²) in [6.07, 6.45) is 1.76. The number of hydrogen-bond donors (Lipinski definition) is 1. The second kappa shape index (κ2) is 6.07. The SMILES string of the molecule is C[C@@H]1Cc2c(C(=O)N3CCN(S(C)(=O)=O)C(C)(C)C3)n[nH]c2[C@H](C)O1. The number of carbonyl (C=O) groups is 1. The van der Waals surface area contributed by atoms with Gasteiger partial charge in [0.05, 0.1) is 24.2 Å². The highest BCUT2D eigenvalue weighted by molar-refractivity contribution is 7.88. The lowest BCUT2D eigenvalue weighted by atomic mass is 9.98. The number of H-pyrrole nitrogens is 1. The van der Waals surface area contributed by atoms with E-state index in [9.17, 15) is 13.2 Å². The largest absolute Gasteiger partial charge is 0.369 e. The molecule has 1 fully saturated rings. The fourth-order valence-electron chi connectivity index (χ4n) is 3.93. The lowest BCUT2D eigenvalue weighted by molar-refractivity contribution is -0.00708. The Labute approximate surface area is 148 Å². The molecule has 2 aliphatic rings. The van der Waals surface area contributed by atoms with Crippen molar-refractivity contribution in [1.29, 1.82) is 0 Å². The zero-order chi connectivity index (χ0) is 18.6. The Morgan fingerprint density at radius 1 is 1.32 bits per heavy atom. The van der Waals surface area contributed by atoms with Crippen LogP contribution >= 0.6 is 0 Å². The van der Waals surface area contributed by atoms with Crippen LogP contribution in [0.25, 0.3) is 0 Å². The van der Waals surface area contributed by atoms with Crippen LogP contribution in [0.4, 0.5) is 0 Å². The summed E-state index contributed by atoms with van der Waals surface area (Å²) in [5, 5.41) is 7.19. The number of aromatic nitrogens is 2. The molecule has 0 aromatic carbocycles. The van der Waals surface area contributed by atoms with E-state index in [1.54, 1.807) is 4.90 Å². The molecule has 1 aromatic heterocycles. The average molecular weight is 370 g/mol. The zero-order valence-electron chi connectivity index (χ0n) is 15.4. The van der Waals surface area contributed by atoms with Crippen molar-refractivity contribution >= 4 is 15.9 Å². The number of hydrogen-bond acceptors (Lipinski definition) is 5. The second-order valence-electron chi connectivity index (χ2n) is 7.63. The Morgan fingerprint density at radius 2 is 2.00 bits per heavy atom. The van der Waals surface area contributed by atoms with Gasteiger partial charge in [-0.2, -0.15) is 9.40 Å². The Hall–Kier alpha value is -1.45. The van der Waals surface area contributed by atoms with E-state index in [1.165, 1.54) is 10.6 Å². The van der Waals surface area contributed by atoms with Gasteiger partial charge in [0.25, 0.3) is 5.91 Å². The third-order valence-electron chi connectivity index (χ3n) is 4.95. The van der Waals surface area contributed by atoms with Gasteiger partial charge in [-0.1, -0.05) is 0 Å². The molecule has 1 aromatic rings. The average Bonchev–Trinajstić information content (AvgIpc) is 2.87. The number of nitrogens with zero attached hydrogens (tertiary/aromatic N) is 3. The number of fused-ring (bicyclic) bond motifs is 1. The van der Waals surface area contributed by atoms with Crippen LogP contribution in [0.3, 0.4) is 0 Å². The summed E-state index contributed by atoms with van der Waals surface area (Å²) in [4.78, 5) is 14.7. The molecule has 0 spiro atoms. The number of nitrogens with one attached hydrogen (secondary N) is 1. The van der Waals surface area contributed by atoms with Gasteiger partial charge in [0.15, 0.2) is 5.69 Å². The topological polar surface area (TPSA) is 95.6 Å². The maximum Gasteiger partial charge on any atom is 0.274 e.